The van der Waals surface area contributed by atoms with E-state index in [0.29, 0.717) is 6.42 Å². The minimum atomic E-state index is -0.0936. The van der Waals surface area contributed by atoms with Crippen LogP contribution in [0.2, 0.25) is 0 Å². The molecule has 1 N–H and O–H groups in total. The van der Waals surface area contributed by atoms with Crippen LogP contribution in [0.5, 0.6) is 0 Å². The van der Waals surface area contributed by atoms with Crippen molar-refractivity contribution in [2.75, 3.05) is 0 Å². The molecule has 0 saturated carbocycles. The Morgan fingerprint density at radius 1 is 1.32 bits per heavy atom. The molecular weight excluding hydrogens is 256 g/mol. The van der Waals surface area contributed by atoms with Crippen molar-refractivity contribution < 1.29 is 4.79 Å². The Morgan fingerprint density at radius 3 is 2.74 bits per heavy atom. The van der Waals surface area contributed by atoms with Crippen molar-refractivity contribution >= 4 is 23.5 Å². The van der Waals surface area contributed by atoms with Crippen LogP contribution >= 0.6 is 11.3 Å². The van der Waals surface area contributed by atoms with Gasteiger partial charge in [0.15, 0.2) is 0 Å². The fraction of sp³-hybridized carbons (Fsp3) is 0.200. The Balaban J connectivity index is 1.83. The van der Waals surface area contributed by atoms with E-state index in [1.54, 1.807) is 17.6 Å². The molecule has 1 amide bonds. The maximum Gasteiger partial charge on any atom is 0.245 e. The predicted molar refractivity (Wildman–Crippen MR) is 79.6 cm³/mol. The summed E-state index contributed by atoms with van der Waals surface area (Å²) in [6, 6.07) is 12.0. The van der Waals surface area contributed by atoms with Gasteiger partial charge in [0.2, 0.25) is 5.91 Å². The van der Waals surface area contributed by atoms with Gasteiger partial charge < -0.3 is 0 Å². The van der Waals surface area contributed by atoms with E-state index in [1.807, 2.05) is 29.6 Å². The number of hydrogen-bond donors (Lipinski definition) is 1. The summed E-state index contributed by atoms with van der Waals surface area (Å²) < 4.78 is 0. The van der Waals surface area contributed by atoms with Crippen LogP contribution in [-0.4, -0.2) is 12.1 Å². The SMILES string of the molecule is CCc1ccc(/C=N\NC(=O)Cc2cccs2)cc1. The molecule has 0 fully saturated rings. The van der Waals surface area contributed by atoms with Gasteiger partial charge in [-0.2, -0.15) is 5.10 Å². The lowest BCUT2D eigenvalue weighted by molar-refractivity contribution is -0.120. The highest BCUT2D eigenvalue weighted by Crippen LogP contribution is 2.08. The van der Waals surface area contributed by atoms with E-state index in [9.17, 15) is 4.79 Å². The summed E-state index contributed by atoms with van der Waals surface area (Å²) in [5.74, 6) is -0.0936. The normalized spacial score (nSPS) is 10.8. The smallest absolute Gasteiger partial charge is 0.245 e. The topological polar surface area (TPSA) is 41.5 Å². The molecule has 0 aliphatic rings. The van der Waals surface area contributed by atoms with Gasteiger partial charge in [0.05, 0.1) is 12.6 Å². The standard InChI is InChI=1S/C15H16N2OS/c1-2-12-5-7-13(8-6-12)11-16-17-15(18)10-14-4-3-9-19-14/h3-9,11H,2,10H2,1H3,(H,17,18)/b16-11-. The Hall–Kier alpha value is -1.94. The van der Waals surface area contributed by atoms with Gasteiger partial charge in [0.25, 0.3) is 0 Å². The largest absolute Gasteiger partial charge is 0.273 e. The number of rotatable bonds is 5. The van der Waals surface area contributed by atoms with Crippen molar-refractivity contribution in [1.82, 2.24) is 5.43 Å². The minimum absolute atomic E-state index is 0.0936. The lowest BCUT2D eigenvalue weighted by atomic mass is 10.1. The number of hydrogen-bond acceptors (Lipinski definition) is 3. The van der Waals surface area contributed by atoms with Gasteiger partial charge in [0.1, 0.15) is 0 Å². The number of hydrazone groups is 1. The van der Waals surface area contributed by atoms with Gasteiger partial charge >= 0.3 is 0 Å². The lowest BCUT2D eigenvalue weighted by Crippen LogP contribution is -2.19. The van der Waals surface area contributed by atoms with Gasteiger partial charge in [0, 0.05) is 4.88 Å². The third-order valence-electron chi connectivity index (χ3n) is 2.71. The Morgan fingerprint density at radius 2 is 2.11 bits per heavy atom. The third-order valence-corrected chi connectivity index (χ3v) is 3.58. The van der Waals surface area contributed by atoms with Crippen molar-refractivity contribution in [2.24, 2.45) is 5.10 Å². The van der Waals surface area contributed by atoms with Crippen molar-refractivity contribution in [3.05, 3.63) is 57.8 Å². The van der Waals surface area contributed by atoms with Crippen LogP contribution in [0, 0.1) is 0 Å². The first-order valence-electron chi connectivity index (χ1n) is 6.21. The second-order valence-electron chi connectivity index (χ2n) is 4.14. The van der Waals surface area contributed by atoms with Crippen molar-refractivity contribution in [3.63, 3.8) is 0 Å². The van der Waals surface area contributed by atoms with E-state index in [2.05, 4.69) is 29.6 Å². The number of nitrogens with one attached hydrogen (secondary N) is 1. The zero-order chi connectivity index (χ0) is 13.5. The molecule has 0 aliphatic carbocycles. The van der Waals surface area contributed by atoms with Gasteiger partial charge in [-0.1, -0.05) is 37.3 Å². The molecule has 4 heteroatoms. The van der Waals surface area contributed by atoms with E-state index in [1.165, 1.54) is 5.56 Å². The Bertz CT molecular complexity index is 544. The van der Waals surface area contributed by atoms with Crippen molar-refractivity contribution in [2.45, 2.75) is 19.8 Å². The molecule has 3 nitrogen and oxygen atoms in total. The minimum Gasteiger partial charge on any atom is -0.273 e. The van der Waals surface area contributed by atoms with Crippen LogP contribution in [-0.2, 0) is 17.6 Å². The molecule has 1 aromatic heterocycles. The summed E-state index contributed by atoms with van der Waals surface area (Å²) in [7, 11) is 0. The highest BCUT2D eigenvalue weighted by molar-refractivity contribution is 7.10. The van der Waals surface area contributed by atoms with Crippen LogP contribution < -0.4 is 5.43 Å². The molecule has 0 aliphatic heterocycles. The fourth-order valence-corrected chi connectivity index (χ4v) is 2.33. The van der Waals surface area contributed by atoms with E-state index in [4.69, 9.17) is 0 Å². The van der Waals surface area contributed by atoms with Crippen LogP contribution in [0.3, 0.4) is 0 Å². The van der Waals surface area contributed by atoms with Crippen molar-refractivity contribution in [3.8, 4) is 0 Å². The highest BCUT2D eigenvalue weighted by atomic mass is 32.1. The number of carbonyl (C=O) groups excluding carboxylic acids is 1. The summed E-state index contributed by atoms with van der Waals surface area (Å²) in [5, 5.41) is 5.92. The van der Waals surface area contributed by atoms with Gasteiger partial charge in [-0.05, 0) is 29.0 Å². The van der Waals surface area contributed by atoms with Crippen LogP contribution in [0.1, 0.15) is 22.9 Å². The van der Waals surface area contributed by atoms with E-state index >= 15 is 0 Å². The molecule has 0 saturated heterocycles. The summed E-state index contributed by atoms with van der Waals surface area (Å²) in [5.41, 5.74) is 4.81. The number of amides is 1. The molecule has 98 valence electrons. The van der Waals surface area contributed by atoms with Gasteiger partial charge in [-0.3, -0.25) is 4.79 Å². The van der Waals surface area contributed by atoms with Crippen molar-refractivity contribution in [1.29, 1.82) is 0 Å². The second kappa shape index (κ2) is 6.85. The first-order chi connectivity index (χ1) is 9.28. The number of carbonyl (C=O) groups is 1. The zero-order valence-corrected chi connectivity index (χ0v) is 11.6. The number of nitrogens with zero attached hydrogens (tertiary/aromatic N) is 1. The molecule has 19 heavy (non-hydrogen) atoms. The Labute approximate surface area is 117 Å². The third kappa shape index (κ3) is 4.34. The van der Waals surface area contributed by atoms with E-state index in [-0.39, 0.29) is 5.91 Å². The average molecular weight is 272 g/mol. The molecule has 0 atom stereocenters. The zero-order valence-electron chi connectivity index (χ0n) is 10.8. The summed E-state index contributed by atoms with van der Waals surface area (Å²) in [4.78, 5) is 12.6. The molecule has 1 aromatic carbocycles. The van der Waals surface area contributed by atoms with Crippen LogP contribution in [0.4, 0.5) is 0 Å². The maximum absolute atomic E-state index is 11.6. The molecular formula is C15H16N2OS. The Kier molecular flexibility index (Phi) is 4.86. The number of thiophene rings is 1. The lowest BCUT2D eigenvalue weighted by Gasteiger charge is -1.98. The summed E-state index contributed by atoms with van der Waals surface area (Å²) in [6.45, 7) is 2.12. The molecule has 0 bridgehead atoms. The summed E-state index contributed by atoms with van der Waals surface area (Å²) >= 11 is 1.57. The quantitative estimate of drug-likeness (QED) is 0.660. The fourth-order valence-electron chi connectivity index (χ4n) is 1.63. The van der Waals surface area contributed by atoms with Crippen LogP contribution in [0.25, 0.3) is 0 Å². The number of aryl methyl sites for hydroxylation is 1. The second-order valence-corrected chi connectivity index (χ2v) is 5.18. The molecule has 1 heterocycles. The first kappa shape index (κ1) is 13.5. The first-order valence-corrected chi connectivity index (χ1v) is 7.09. The maximum atomic E-state index is 11.6. The average Bonchev–Trinajstić information content (AvgIpc) is 2.92. The molecule has 0 spiro atoms. The summed E-state index contributed by atoms with van der Waals surface area (Å²) in [6.07, 6.45) is 3.06. The molecule has 0 unspecified atom stereocenters. The molecule has 2 rings (SSSR count). The molecule has 2 aromatic rings. The molecule has 0 radical (unpaired) electrons. The van der Waals surface area contributed by atoms with E-state index < -0.39 is 0 Å². The van der Waals surface area contributed by atoms with Crippen LogP contribution in [0.15, 0.2) is 46.9 Å². The van der Waals surface area contributed by atoms with E-state index in [0.717, 1.165) is 16.9 Å². The highest BCUT2D eigenvalue weighted by Gasteiger charge is 2.01. The monoisotopic (exact) mass is 272 g/mol. The number of benzene rings is 1. The van der Waals surface area contributed by atoms with Gasteiger partial charge in [-0.25, -0.2) is 5.43 Å². The predicted octanol–water partition coefficient (Wildman–Crippen LogP) is 3.00. The van der Waals surface area contributed by atoms with Gasteiger partial charge in [-0.15, -0.1) is 11.3 Å².